The maximum atomic E-state index is 6.09. The molecule has 2 fully saturated rings. The van der Waals surface area contributed by atoms with Crippen LogP contribution in [0.5, 0.6) is 0 Å². The summed E-state index contributed by atoms with van der Waals surface area (Å²) in [6.07, 6.45) is 5.93. The van der Waals surface area contributed by atoms with E-state index in [0.717, 1.165) is 32.0 Å². The summed E-state index contributed by atoms with van der Waals surface area (Å²) in [6.45, 7) is 13.2. The normalized spacial score (nSPS) is 28.5. The second-order valence-corrected chi connectivity index (χ2v) is 7.77. The summed E-state index contributed by atoms with van der Waals surface area (Å²) < 4.78 is 12.2. The van der Waals surface area contributed by atoms with E-state index in [0.29, 0.717) is 5.41 Å². The second kappa shape index (κ2) is 4.79. The minimum Gasteiger partial charge on any atom is -0.349 e. The van der Waals surface area contributed by atoms with Crippen molar-refractivity contribution in [2.45, 2.75) is 72.5 Å². The van der Waals surface area contributed by atoms with Crippen LogP contribution < -0.4 is 0 Å². The van der Waals surface area contributed by atoms with Crippen molar-refractivity contribution in [2.24, 2.45) is 16.7 Å². The van der Waals surface area contributed by atoms with Gasteiger partial charge in [-0.1, -0.05) is 41.0 Å². The highest BCUT2D eigenvalue weighted by atomic mass is 16.7. The van der Waals surface area contributed by atoms with E-state index in [9.17, 15) is 0 Å². The maximum absolute atomic E-state index is 6.09. The van der Waals surface area contributed by atoms with Crippen LogP contribution in [-0.2, 0) is 9.47 Å². The largest absolute Gasteiger partial charge is 0.349 e. The van der Waals surface area contributed by atoms with Crippen molar-refractivity contribution >= 4 is 0 Å². The molecule has 0 aromatic heterocycles. The molecule has 0 radical (unpaired) electrons. The van der Waals surface area contributed by atoms with E-state index >= 15 is 0 Å². The predicted octanol–water partition coefficient (Wildman–Crippen LogP) is 4.38. The highest BCUT2D eigenvalue weighted by molar-refractivity contribution is 4.89. The van der Waals surface area contributed by atoms with Crippen molar-refractivity contribution in [3.63, 3.8) is 0 Å². The third kappa shape index (κ3) is 2.91. The van der Waals surface area contributed by atoms with Gasteiger partial charge >= 0.3 is 0 Å². The molecule has 0 atom stereocenters. The third-order valence-corrected chi connectivity index (χ3v) is 5.22. The standard InChI is InChI=1S/C16H30O2/c1-6-15(4,5)13-7-9-16(10-8-13)17-11-14(2,3)12-18-16/h13H,6-12H2,1-5H3. The molecule has 2 aliphatic rings. The fourth-order valence-electron chi connectivity index (χ4n) is 3.15. The molecule has 1 aliphatic heterocycles. The number of hydrogen-bond donors (Lipinski definition) is 0. The Bertz CT molecular complexity index is 273. The van der Waals surface area contributed by atoms with Crippen LogP contribution in [0.4, 0.5) is 0 Å². The third-order valence-electron chi connectivity index (χ3n) is 5.22. The van der Waals surface area contributed by atoms with Crippen LogP contribution >= 0.6 is 0 Å². The highest BCUT2D eigenvalue weighted by Crippen LogP contribution is 2.47. The van der Waals surface area contributed by atoms with Crippen molar-refractivity contribution in [1.29, 1.82) is 0 Å². The Hall–Kier alpha value is -0.0800. The van der Waals surface area contributed by atoms with Crippen molar-refractivity contribution < 1.29 is 9.47 Å². The van der Waals surface area contributed by atoms with E-state index in [1.807, 2.05) is 0 Å². The van der Waals surface area contributed by atoms with Gasteiger partial charge in [-0.2, -0.15) is 0 Å². The van der Waals surface area contributed by atoms with Crippen LogP contribution in [0.25, 0.3) is 0 Å². The Kier molecular flexibility index (Phi) is 3.81. The van der Waals surface area contributed by atoms with Gasteiger partial charge in [-0.15, -0.1) is 0 Å². The summed E-state index contributed by atoms with van der Waals surface area (Å²) in [5, 5.41) is 0. The van der Waals surface area contributed by atoms with E-state index in [-0.39, 0.29) is 11.2 Å². The summed E-state index contributed by atoms with van der Waals surface area (Å²) >= 11 is 0. The first-order valence-electron chi connectivity index (χ1n) is 7.57. The Morgan fingerprint density at radius 3 is 2.00 bits per heavy atom. The Morgan fingerprint density at radius 2 is 1.56 bits per heavy atom. The van der Waals surface area contributed by atoms with E-state index < -0.39 is 0 Å². The van der Waals surface area contributed by atoms with Gasteiger partial charge in [-0.05, 0) is 24.2 Å². The quantitative estimate of drug-likeness (QED) is 0.728. The summed E-state index contributed by atoms with van der Waals surface area (Å²) in [6, 6.07) is 0. The van der Waals surface area contributed by atoms with Crippen LogP contribution in [0.15, 0.2) is 0 Å². The number of rotatable bonds is 2. The summed E-state index contributed by atoms with van der Waals surface area (Å²) in [4.78, 5) is 0. The molecule has 1 saturated carbocycles. The molecule has 0 aromatic carbocycles. The van der Waals surface area contributed by atoms with E-state index in [1.165, 1.54) is 19.3 Å². The van der Waals surface area contributed by atoms with Crippen molar-refractivity contribution in [3.05, 3.63) is 0 Å². The summed E-state index contributed by atoms with van der Waals surface area (Å²) in [7, 11) is 0. The molecular weight excluding hydrogens is 224 g/mol. The zero-order valence-corrected chi connectivity index (χ0v) is 12.8. The Balaban J connectivity index is 1.91. The van der Waals surface area contributed by atoms with Gasteiger partial charge in [0, 0.05) is 18.3 Å². The van der Waals surface area contributed by atoms with Crippen LogP contribution in [0.1, 0.15) is 66.7 Å². The zero-order chi connectivity index (χ0) is 13.4. The maximum Gasteiger partial charge on any atom is 0.168 e. The van der Waals surface area contributed by atoms with Crippen LogP contribution in [-0.4, -0.2) is 19.0 Å². The van der Waals surface area contributed by atoms with Gasteiger partial charge in [0.05, 0.1) is 13.2 Å². The summed E-state index contributed by atoms with van der Waals surface area (Å²) in [5.74, 6) is 0.589. The highest BCUT2D eigenvalue weighted by Gasteiger charge is 2.45. The minimum absolute atomic E-state index is 0.185. The van der Waals surface area contributed by atoms with Crippen LogP contribution in [0.2, 0.25) is 0 Å². The fourth-order valence-corrected chi connectivity index (χ4v) is 3.15. The number of hydrogen-bond acceptors (Lipinski definition) is 2. The van der Waals surface area contributed by atoms with Gasteiger partial charge in [0.15, 0.2) is 5.79 Å². The molecule has 0 unspecified atom stereocenters. The molecule has 2 heteroatoms. The van der Waals surface area contributed by atoms with Gasteiger partial charge in [0.2, 0.25) is 0 Å². The van der Waals surface area contributed by atoms with E-state index in [2.05, 4.69) is 34.6 Å². The molecule has 0 N–H and O–H groups in total. The Labute approximate surface area is 112 Å². The van der Waals surface area contributed by atoms with Crippen molar-refractivity contribution in [1.82, 2.24) is 0 Å². The molecule has 18 heavy (non-hydrogen) atoms. The molecule has 0 bridgehead atoms. The molecule has 1 heterocycles. The lowest BCUT2D eigenvalue weighted by Crippen LogP contribution is -2.50. The average Bonchev–Trinajstić information content (AvgIpc) is 2.34. The molecule has 2 rings (SSSR count). The fraction of sp³-hybridized carbons (Fsp3) is 1.00. The van der Waals surface area contributed by atoms with Gasteiger partial charge < -0.3 is 9.47 Å². The molecule has 106 valence electrons. The molecule has 2 nitrogen and oxygen atoms in total. The van der Waals surface area contributed by atoms with Gasteiger partial charge in [0.25, 0.3) is 0 Å². The van der Waals surface area contributed by atoms with Crippen LogP contribution in [0.3, 0.4) is 0 Å². The second-order valence-electron chi connectivity index (χ2n) is 7.77. The lowest BCUT2D eigenvalue weighted by molar-refractivity contribution is -0.314. The Morgan fingerprint density at radius 1 is 1.06 bits per heavy atom. The predicted molar refractivity (Wildman–Crippen MR) is 74.4 cm³/mol. The van der Waals surface area contributed by atoms with Crippen molar-refractivity contribution in [2.75, 3.05) is 13.2 Å². The van der Waals surface area contributed by atoms with E-state index in [1.54, 1.807) is 0 Å². The van der Waals surface area contributed by atoms with Gasteiger partial charge in [0.1, 0.15) is 0 Å². The first kappa shape index (κ1) is 14.3. The minimum atomic E-state index is -0.240. The molecular formula is C16H30O2. The lowest BCUT2D eigenvalue weighted by atomic mass is 9.68. The lowest BCUT2D eigenvalue weighted by Gasteiger charge is -2.49. The molecule has 1 saturated heterocycles. The van der Waals surface area contributed by atoms with Gasteiger partial charge in [-0.25, -0.2) is 0 Å². The smallest absolute Gasteiger partial charge is 0.168 e. The molecule has 1 aliphatic carbocycles. The van der Waals surface area contributed by atoms with E-state index in [4.69, 9.17) is 9.47 Å². The molecule has 0 aromatic rings. The average molecular weight is 254 g/mol. The number of ether oxygens (including phenoxy) is 2. The van der Waals surface area contributed by atoms with Crippen LogP contribution in [0, 0.1) is 16.7 Å². The first-order chi connectivity index (χ1) is 8.29. The monoisotopic (exact) mass is 254 g/mol. The topological polar surface area (TPSA) is 18.5 Å². The molecule has 0 amide bonds. The first-order valence-corrected chi connectivity index (χ1v) is 7.57. The SMILES string of the molecule is CCC(C)(C)C1CCC2(CC1)OCC(C)(C)CO2. The molecule has 1 spiro atoms. The van der Waals surface area contributed by atoms with Crippen molar-refractivity contribution in [3.8, 4) is 0 Å². The zero-order valence-electron chi connectivity index (χ0n) is 12.8. The van der Waals surface area contributed by atoms with Gasteiger partial charge in [-0.3, -0.25) is 0 Å². The summed E-state index contributed by atoms with van der Waals surface area (Å²) in [5.41, 5.74) is 0.653.